The second kappa shape index (κ2) is 6.68. The second-order valence-electron chi connectivity index (χ2n) is 4.40. The molecule has 0 spiro atoms. The van der Waals surface area contributed by atoms with Crippen LogP contribution in [0.5, 0.6) is 0 Å². The number of hydrogen-bond donors (Lipinski definition) is 1. The Morgan fingerprint density at radius 2 is 2.00 bits per heavy atom. The maximum absolute atomic E-state index is 13.2. The molecule has 1 N–H and O–H groups in total. The fourth-order valence-corrected chi connectivity index (χ4v) is 2.83. The van der Waals surface area contributed by atoms with E-state index < -0.39 is 0 Å². The summed E-state index contributed by atoms with van der Waals surface area (Å²) < 4.78 is 13.2. The van der Waals surface area contributed by atoms with Crippen molar-refractivity contribution in [1.82, 2.24) is 10.3 Å². The van der Waals surface area contributed by atoms with Crippen LogP contribution in [0.1, 0.15) is 17.2 Å². The molecule has 0 amide bonds. The van der Waals surface area contributed by atoms with Gasteiger partial charge in [0.1, 0.15) is 5.82 Å². The van der Waals surface area contributed by atoms with Gasteiger partial charge in [-0.3, -0.25) is 4.98 Å². The van der Waals surface area contributed by atoms with E-state index in [2.05, 4.69) is 41.5 Å². The summed E-state index contributed by atoms with van der Waals surface area (Å²) in [5, 5.41) is 3.20. The molecule has 1 heterocycles. The molecule has 0 aliphatic carbocycles. The van der Waals surface area contributed by atoms with E-state index in [1.54, 1.807) is 18.0 Å². The van der Waals surface area contributed by atoms with Crippen LogP contribution in [0.15, 0.2) is 47.6 Å². The van der Waals surface area contributed by atoms with Crippen LogP contribution in [-0.4, -0.2) is 17.8 Å². The standard InChI is InChI=1S/C15H17FN2S/c1-11-3-5-14(6-4-11)19-10-15(17-2)12-7-13(16)9-18-8-12/h3-9,15,17H,10H2,1-2H3. The van der Waals surface area contributed by atoms with Crippen LogP contribution in [0.25, 0.3) is 0 Å². The first kappa shape index (κ1) is 14.0. The predicted molar refractivity (Wildman–Crippen MR) is 77.9 cm³/mol. The van der Waals surface area contributed by atoms with Crippen molar-refractivity contribution >= 4 is 11.8 Å². The zero-order valence-electron chi connectivity index (χ0n) is 11.1. The lowest BCUT2D eigenvalue weighted by atomic mass is 10.1. The van der Waals surface area contributed by atoms with E-state index in [1.807, 2.05) is 7.05 Å². The van der Waals surface area contributed by atoms with Gasteiger partial charge in [0.25, 0.3) is 0 Å². The van der Waals surface area contributed by atoms with Gasteiger partial charge in [0.05, 0.1) is 6.20 Å². The molecule has 2 nitrogen and oxygen atoms in total. The van der Waals surface area contributed by atoms with Crippen molar-refractivity contribution < 1.29 is 4.39 Å². The molecule has 0 fully saturated rings. The van der Waals surface area contributed by atoms with Gasteiger partial charge in [-0.2, -0.15) is 0 Å². The molecule has 100 valence electrons. The first-order valence-corrected chi connectivity index (χ1v) is 7.15. The van der Waals surface area contributed by atoms with E-state index in [1.165, 1.54) is 22.7 Å². The van der Waals surface area contributed by atoms with Gasteiger partial charge in [-0.05, 0) is 37.7 Å². The minimum Gasteiger partial charge on any atom is -0.312 e. The van der Waals surface area contributed by atoms with Gasteiger partial charge in [0.2, 0.25) is 0 Å². The molecule has 19 heavy (non-hydrogen) atoms. The van der Waals surface area contributed by atoms with Crippen LogP contribution < -0.4 is 5.32 Å². The molecule has 1 aromatic heterocycles. The molecule has 0 bridgehead atoms. The maximum atomic E-state index is 13.2. The number of nitrogens with one attached hydrogen (secondary N) is 1. The van der Waals surface area contributed by atoms with Crippen molar-refractivity contribution in [1.29, 1.82) is 0 Å². The highest BCUT2D eigenvalue weighted by molar-refractivity contribution is 7.99. The van der Waals surface area contributed by atoms with Gasteiger partial charge in [-0.25, -0.2) is 4.39 Å². The molecule has 0 aliphatic rings. The normalized spacial score (nSPS) is 12.4. The third-order valence-corrected chi connectivity index (χ3v) is 4.02. The first-order chi connectivity index (χ1) is 9.19. The molecule has 2 rings (SSSR count). The number of aryl methyl sites for hydroxylation is 1. The molecular weight excluding hydrogens is 259 g/mol. The Labute approximate surface area is 117 Å². The van der Waals surface area contributed by atoms with Crippen LogP contribution in [0.3, 0.4) is 0 Å². The zero-order valence-corrected chi connectivity index (χ0v) is 11.9. The summed E-state index contributed by atoms with van der Waals surface area (Å²) in [5.74, 6) is 0.545. The minimum absolute atomic E-state index is 0.0921. The number of nitrogens with zero attached hydrogens (tertiary/aromatic N) is 1. The maximum Gasteiger partial charge on any atom is 0.141 e. The van der Waals surface area contributed by atoms with Gasteiger partial charge in [-0.15, -0.1) is 11.8 Å². The number of rotatable bonds is 5. The molecule has 4 heteroatoms. The zero-order chi connectivity index (χ0) is 13.7. The third-order valence-electron chi connectivity index (χ3n) is 2.91. The number of hydrogen-bond acceptors (Lipinski definition) is 3. The molecule has 1 aromatic carbocycles. The Balaban J connectivity index is 2.01. The first-order valence-electron chi connectivity index (χ1n) is 6.16. The molecule has 1 atom stereocenters. The monoisotopic (exact) mass is 276 g/mol. The average Bonchev–Trinajstić information content (AvgIpc) is 2.42. The van der Waals surface area contributed by atoms with Crippen molar-refractivity contribution in [2.45, 2.75) is 17.9 Å². The lowest BCUT2D eigenvalue weighted by molar-refractivity contribution is 0.603. The number of pyridine rings is 1. The Bertz CT molecular complexity index is 528. The van der Waals surface area contributed by atoms with E-state index in [-0.39, 0.29) is 11.9 Å². The van der Waals surface area contributed by atoms with Gasteiger partial charge >= 0.3 is 0 Å². The predicted octanol–water partition coefficient (Wildman–Crippen LogP) is 3.58. The van der Waals surface area contributed by atoms with Crippen LogP contribution in [0.2, 0.25) is 0 Å². The Hall–Kier alpha value is -1.39. The molecule has 1 unspecified atom stereocenters. The lowest BCUT2D eigenvalue weighted by Gasteiger charge is -2.16. The third kappa shape index (κ3) is 4.04. The van der Waals surface area contributed by atoms with Crippen molar-refractivity contribution in [2.24, 2.45) is 0 Å². The summed E-state index contributed by atoms with van der Waals surface area (Å²) in [5.41, 5.74) is 2.13. The van der Waals surface area contributed by atoms with E-state index in [4.69, 9.17) is 0 Å². The van der Waals surface area contributed by atoms with Gasteiger partial charge in [0, 0.05) is 22.9 Å². The van der Waals surface area contributed by atoms with Crippen molar-refractivity contribution in [3.63, 3.8) is 0 Å². The number of halogens is 1. The SMILES string of the molecule is CNC(CSc1ccc(C)cc1)c1cncc(F)c1. The van der Waals surface area contributed by atoms with E-state index in [0.717, 1.165) is 11.3 Å². The molecular formula is C15H17FN2S. The van der Waals surface area contributed by atoms with Crippen molar-refractivity contribution in [2.75, 3.05) is 12.8 Å². The summed E-state index contributed by atoms with van der Waals surface area (Å²) in [6.07, 6.45) is 2.93. The number of thioether (sulfide) groups is 1. The molecule has 2 aromatic rings. The fourth-order valence-electron chi connectivity index (χ4n) is 1.78. The lowest BCUT2D eigenvalue weighted by Crippen LogP contribution is -2.19. The second-order valence-corrected chi connectivity index (χ2v) is 5.50. The molecule has 0 radical (unpaired) electrons. The van der Waals surface area contributed by atoms with Gasteiger partial charge in [-0.1, -0.05) is 17.7 Å². The summed E-state index contributed by atoms with van der Waals surface area (Å²) in [6, 6.07) is 10.0. The largest absolute Gasteiger partial charge is 0.312 e. The number of aromatic nitrogens is 1. The number of benzene rings is 1. The average molecular weight is 276 g/mol. The topological polar surface area (TPSA) is 24.9 Å². The fraction of sp³-hybridized carbons (Fsp3) is 0.267. The van der Waals surface area contributed by atoms with Crippen LogP contribution in [0, 0.1) is 12.7 Å². The van der Waals surface area contributed by atoms with Crippen LogP contribution >= 0.6 is 11.8 Å². The highest BCUT2D eigenvalue weighted by atomic mass is 32.2. The van der Waals surface area contributed by atoms with Gasteiger partial charge < -0.3 is 5.32 Å². The van der Waals surface area contributed by atoms with Crippen LogP contribution in [0.4, 0.5) is 4.39 Å². The Morgan fingerprint density at radius 1 is 1.26 bits per heavy atom. The van der Waals surface area contributed by atoms with E-state index in [9.17, 15) is 4.39 Å². The van der Waals surface area contributed by atoms with E-state index in [0.29, 0.717) is 0 Å². The molecule has 0 saturated heterocycles. The van der Waals surface area contributed by atoms with Crippen LogP contribution in [-0.2, 0) is 0 Å². The minimum atomic E-state index is -0.293. The Morgan fingerprint density at radius 3 is 2.63 bits per heavy atom. The summed E-state index contributed by atoms with van der Waals surface area (Å²) in [4.78, 5) is 5.11. The highest BCUT2D eigenvalue weighted by Gasteiger charge is 2.11. The molecule has 0 aliphatic heterocycles. The summed E-state index contributed by atoms with van der Waals surface area (Å²) >= 11 is 1.75. The highest BCUT2D eigenvalue weighted by Crippen LogP contribution is 2.24. The summed E-state index contributed by atoms with van der Waals surface area (Å²) in [7, 11) is 1.88. The van der Waals surface area contributed by atoms with Gasteiger partial charge in [0.15, 0.2) is 0 Å². The quantitative estimate of drug-likeness (QED) is 0.845. The summed E-state index contributed by atoms with van der Waals surface area (Å²) in [6.45, 7) is 2.07. The van der Waals surface area contributed by atoms with Crippen molar-refractivity contribution in [3.8, 4) is 0 Å². The van der Waals surface area contributed by atoms with Crippen molar-refractivity contribution in [3.05, 3.63) is 59.7 Å². The smallest absolute Gasteiger partial charge is 0.141 e. The van der Waals surface area contributed by atoms with E-state index >= 15 is 0 Å². The Kier molecular flexibility index (Phi) is 4.93. The molecule has 0 saturated carbocycles.